The van der Waals surface area contributed by atoms with Crippen molar-refractivity contribution >= 4 is 35.1 Å². The number of rotatable bonds is 27. The zero-order valence-corrected chi connectivity index (χ0v) is 37.5. The Morgan fingerprint density at radius 1 is 0.734 bits per heavy atom. The van der Waals surface area contributed by atoms with Crippen molar-refractivity contribution in [1.29, 1.82) is 0 Å². The van der Waals surface area contributed by atoms with Crippen molar-refractivity contribution in [3.63, 3.8) is 0 Å². The van der Waals surface area contributed by atoms with Gasteiger partial charge in [-0.2, -0.15) is 10.2 Å². The Kier molecular flexibility index (Phi) is 16.7. The van der Waals surface area contributed by atoms with Crippen molar-refractivity contribution in [2.75, 3.05) is 110 Å². The van der Waals surface area contributed by atoms with Crippen LogP contribution in [-0.2, 0) is 38.9 Å². The molecule has 1 spiro atoms. The first kappa shape index (κ1) is 47.8. The molecule has 18 nitrogen and oxygen atoms in total. The minimum absolute atomic E-state index is 0.118. The average Bonchev–Trinajstić information content (AvgIpc) is 3.94. The lowest BCUT2D eigenvalue weighted by atomic mass is 9.77. The smallest absolute Gasteiger partial charge is 0.340 e. The minimum Gasteiger partial charge on any atom is -0.456 e. The lowest BCUT2D eigenvalue weighted by Crippen LogP contribution is -2.47. The third kappa shape index (κ3) is 12.1. The molecule has 0 radical (unpaired) electrons. The highest BCUT2D eigenvalue weighted by Crippen LogP contribution is 2.57. The normalized spacial score (nSPS) is 15.0. The summed E-state index contributed by atoms with van der Waals surface area (Å²) in [6.45, 7) is 5.60. The maximum atomic E-state index is 13.6. The van der Waals surface area contributed by atoms with E-state index in [0.717, 1.165) is 24.2 Å². The topological polar surface area (TPSA) is 217 Å². The Morgan fingerprint density at radius 2 is 1.31 bits per heavy atom. The summed E-state index contributed by atoms with van der Waals surface area (Å²) in [6.07, 6.45) is 2.73. The molecular formula is C46H62N8O10. The molecule has 3 aliphatic heterocycles. The van der Waals surface area contributed by atoms with Crippen molar-refractivity contribution in [3.8, 4) is 11.5 Å². The lowest BCUT2D eigenvalue weighted by molar-refractivity contribution is -0.129. The Bertz CT molecular complexity index is 2080. The zero-order chi connectivity index (χ0) is 45.7. The summed E-state index contributed by atoms with van der Waals surface area (Å²) in [5.41, 5.74) is 8.51. The van der Waals surface area contributed by atoms with Crippen LogP contribution in [0.3, 0.4) is 0 Å². The van der Waals surface area contributed by atoms with Crippen LogP contribution in [-0.4, -0.2) is 136 Å². The predicted molar refractivity (Wildman–Crippen MR) is 239 cm³/mol. The van der Waals surface area contributed by atoms with Crippen molar-refractivity contribution in [3.05, 3.63) is 82.4 Å². The van der Waals surface area contributed by atoms with Crippen molar-refractivity contribution < 1.29 is 47.6 Å². The highest BCUT2D eigenvalue weighted by Gasteiger charge is 2.54. The number of nitrogens with zero attached hydrogens (tertiary/aromatic N) is 4. The molecule has 3 heterocycles. The second-order valence-corrected chi connectivity index (χ2v) is 16.4. The summed E-state index contributed by atoms with van der Waals surface area (Å²) in [5, 5.41) is 16.4. The van der Waals surface area contributed by atoms with E-state index in [-0.39, 0.29) is 43.9 Å². The lowest BCUT2D eigenvalue weighted by Gasteiger charge is -2.37. The number of nitrogens with two attached hydrogens (primary N) is 1. The van der Waals surface area contributed by atoms with E-state index in [1.165, 1.54) is 0 Å². The van der Waals surface area contributed by atoms with E-state index in [2.05, 4.69) is 26.2 Å². The standard InChI is InChI=1S/C46H62N8O10/c1-45(51-52-45)16-18-48-43(57)38(8-6-7-17-47)50-41(55)15-20-59-22-24-61-26-27-62-25-23-60-21-19-49-42(56)31-9-12-35-34(28-31)44(58)64-46(35)36-13-10-32(53(2)3)29-39(36)63-40-30-33(54(4)5)11-14-37(40)46/h9-14,28-30,38H,6-8,15-27,47H2,1-5H3,(H,48,57)(H,49,56)(H,50,55)/t38-/m0/s1. The van der Waals surface area contributed by atoms with Gasteiger partial charge in [-0.1, -0.05) is 6.07 Å². The molecule has 6 rings (SSSR count). The molecule has 5 N–H and O–H groups in total. The number of nitrogens with one attached hydrogen (secondary N) is 3. The summed E-state index contributed by atoms with van der Waals surface area (Å²) < 4.78 is 35.0. The number of anilines is 2. The number of esters is 1. The first-order valence-electron chi connectivity index (χ1n) is 21.8. The number of hydrogen-bond donors (Lipinski definition) is 4. The number of unbranched alkanes of at least 4 members (excludes halogenated alkanes) is 1. The molecule has 3 aromatic carbocycles. The molecule has 0 bridgehead atoms. The molecule has 3 aliphatic rings. The SMILES string of the molecule is CN(C)c1ccc2c(c1)Oc1cc(N(C)C)ccc1C21OC(=O)c2cc(C(=O)NCCOCCOCCOCCOCCC(=O)N[C@@H](CCCCN)C(=O)NCCC3(C)N=N3)ccc21. The molecule has 0 aromatic heterocycles. The number of ether oxygens (including phenoxy) is 6. The number of fused-ring (bicyclic) bond motifs is 6. The second kappa shape index (κ2) is 22.3. The molecular weight excluding hydrogens is 825 g/mol. The van der Waals surface area contributed by atoms with E-state index in [4.69, 9.17) is 34.2 Å². The van der Waals surface area contributed by atoms with Crippen LogP contribution >= 0.6 is 0 Å². The Balaban J connectivity index is 0.849. The van der Waals surface area contributed by atoms with E-state index in [1.54, 1.807) is 18.2 Å². The quantitative estimate of drug-likeness (QED) is 0.0633. The van der Waals surface area contributed by atoms with Gasteiger partial charge in [0.15, 0.2) is 11.3 Å². The fourth-order valence-electron chi connectivity index (χ4n) is 7.43. The number of benzene rings is 3. The molecule has 0 unspecified atom stereocenters. The Hall–Kier alpha value is -5.66. The van der Waals surface area contributed by atoms with Crippen LogP contribution in [0.25, 0.3) is 0 Å². The molecule has 0 aliphatic carbocycles. The molecule has 1 atom stereocenters. The first-order chi connectivity index (χ1) is 30.8. The van der Waals surface area contributed by atoms with Gasteiger partial charge in [-0.25, -0.2) is 4.79 Å². The third-order valence-electron chi connectivity index (χ3n) is 11.1. The van der Waals surface area contributed by atoms with Crippen LogP contribution in [0.4, 0.5) is 11.4 Å². The number of carbonyl (C=O) groups excluding carboxylic acids is 4. The highest BCUT2D eigenvalue weighted by molar-refractivity contribution is 6.01. The highest BCUT2D eigenvalue weighted by atomic mass is 16.6. The molecule has 346 valence electrons. The van der Waals surface area contributed by atoms with Gasteiger partial charge in [0.1, 0.15) is 17.5 Å². The number of hydrogen-bond acceptors (Lipinski definition) is 15. The van der Waals surface area contributed by atoms with Gasteiger partial charge < -0.3 is 59.9 Å². The van der Waals surface area contributed by atoms with Crippen LogP contribution in [0.15, 0.2) is 64.8 Å². The van der Waals surface area contributed by atoms with Crippen molar-refractivity contribution in [1.82, 2.24) is 16.0 Å². The summed E-state index contributed by atoms with van der Waals surface area (Å²) in [6, 6.07) is 16.1. The van der Waals surface area contributed by atoms with Crippen LogP contribution in [0.5, 0.6) is 11.5 Å². The van der Waals surface area contributed by atoms with Crippen molar-refractivity contribution in [2.45, 2.75) is 56.3 Å². The molecule has 3 aromatic rings. The number of carbonyl (C=O) groups is 4. The van der Waals surface area contributed by atoms with Gasteiger partial charge in [-0.15, -0.1) is 0 Å². The van der Waals surface area contributed by atoms with Gasteiger partial charge in [0.25, 0.3) is 5.91 Å². The maximum absolute atomic E-state index is 13.6. The van der Waals surface area contributed by atoms with Gasteiger partial charge >= 0.3 is 5.97 Å². The molecule has 64 heavy (non-hydrogen) atoms. The Labute approximate surface area is 374 Å². The fraction of sp³-hybridized carbons (Fsp3) is 0.522. The molecule has 0 saturated carbocycles. The summed E-state index contributed by atoms with van der Waals surface area (Å²) in [7, 11) is 7.80. The fourth-order valence-corrected chi connectivity index (χ4v) is 7.43. The molecule has 3 amide bonds. The maximum Gasteiger partial charge on any atom is 0.340 e. The predicted octanol–water partition coefficient (Wildman–Crippen LogP) is 3.88. The van der Waals surface area contributed by atoms with E-state index < -0.39 is 23.3 Å². The molecule has 18 heteroatoms. The van der Waals surface area contributed by atoms with Crippen LogP contribution in [0.1, 0.15) is 76.4 Å². The second-order valence-electron chi connectivity index (χ2n) is 16.4. The summed E-state index contributed by atoms with van der Waals surface area (Å²) in [4.78, 5) is 56.0. The van der Waals surface area contributed by atoms with Crippen LogP contribution in [0.2, 0.25) is 0 Å². The van der Waals surface area contributed by atoms with Gasteiger partial charge in [0.2, 0.25) is 11.8 Å². The van der Waals surface area contributed by atoms with Gasteiger partial charge in [-0.05, 0) is 69.1 Å². The Morgan fingerprint density at radius 3 is 1.89 bits per heavy atom. The van der Waals surface area contributed by atoms with Crippen molar-refractivity contribution in [2.24, 2.45) is 16.0 Å². The first-order valence-corrected chi connectivity index (χ1v) is 21.8. The molecule has 0 fully saturated rings. The zero-order valence-electron chi connectivity index (χ0n) is 37.5. The average molecular weight is 887 g/mol. The molecule has 0 saturated heterocycles. The largest absolute Gasteiger partial charge is 0.456 e. The monoisotopic (exact) mass is 886 g/mol. The van der Waals surface area contributed by atoms with E-state index in [1.807, 2.05) is 81.3 Å². The summed E-state index contributed by atoms with van der Waals surface area (Å²) >= 11 is 0. The number of amides is 3. The van der Waals surface area contributed by atoms with Gasteiger partial charge in [-0.3, -0.25) is 14.4 Å². The summed E-state index contributed by atoms with van der Waals surface area (Å²) in [5.74, 6) is -0.192. The van der Waals surface area contributed by atoms with Crippen LogP contribution < -0.4 is 36.2 Å². The van der Waals surface area contributed by atoms with E-state index in [0.29, 0.717) is 105 Å². The van der Waals surface area contributed by atoms with E-state index >= 15 is 0 Å². The van der Waals surface area contributed by atoms with Crippen LogP contribution in [0, 0.1) is 0 Å². The van der Waals surface area contributed by atoms with Gasteiger partial charge in [0, 0.05) is 99.9 Å². The van der Waals surface area contributed by atoms with E-state index in [9.17, 15) is 19.2 Å². The third-order valence-corrected chi connectivity index (χ3v) is 11.1. The van der Waals surface area contributed by atoms with Gasteiger partial charge in [0.05, 0.1) is 58.4 Å². The minimum atomic E-state index is -1.25.